The summed E-state index contributed by atoms with van der Waals surface area (Å²) in [5.41, 5.74) is 1.13. The second kappa shape index (κ2) is 7.45. The van der Waals surface area contributed by atoms with Gasteiger partial charge >= 0.3 is 12.1 Å². The zero-order valence-electron chi connectivity index (χ0n) is 13.6. The second-order valence-corrected chi connectivity index (χ2v) is 7.01. The molecule has 23 heavy (non-hydrogen) atoms. The Balaban J connectivity index is 1.70. The first-order valence-corrected chi connectivity index (χ1v) is 8.39. The van der Waals surface area contributed by atoms with Gasteiger partial charge in [-0.25, -0.2) is 9.59 Å². The normalized spacial score (nSPS) is 15.5. The number of nitrogens with one attached hydrogen (secondary N) is 3. The third-order valence-corrected chi connectivity index (χ3v) is 4.66. The van der Waals surface area contributed by atoms with Crippen molar-refractivity contribution in [2.75, 3.05) is 19.6 Å². The van der Waals surface area contributed by atoms with E-state index in [-0.39, 0.29) is 30.6 Å². The molecule has 2 heterocycles. The van der Waals surface area contributed by atoms with Crippen molar-refractivity contribution in [1.82, 2.24) is 20.9 Å². The molecule has 5 amide bonds. The number of carbonyl (C=O) groups is 3. The zero-order valence-corrected chi connectivity index (χ0v) is 14.4. The van der Waals surface area contributed by atoms with E-state index in [1.54, 1.807) is 11.3 Å². The van der Waals surface area contributed by atoms with Gasteiger partial charge in [-0.05, 0) is 38.8 Å². The molecular formula is C15H22N4O3S. The summed E-state index contributed by atoms with van der Waals surface area (Å²) in [6.45, 7) is 6.80. The number of rotatable bonds is 6. The highest BCUT2D eigenvalue weighted by Gasteiger charge is 2.27. The molecule has 0 bridgehead atoms. The lowest BCUT2D eigenvalue weighted by molar-refractivity contribution is -0.125. The smallest absolute Gasteiger partial charge is 0.324 e. The minimum absolute atomic E-state index is 0.0592. The number of hydrogen-bond acceptors (Lipinski definition) is 4. The lowest BCUT2D eigenvalue weighted by atomic mass is 10.1. The number of imide groups is 1. The minimum Gasteiger partial charge on any atom is -0.338 e. The van der Waals surface area contributed by atoms with Crippen LogP contribution < -0.4 is 16.0 Å². The Bertz CT molecular complexity index is 598. The van der Waals surface area contributed by atoms with Crippen LogP contribution in [0.1, 0.15) is 34.7 Å². The highest BCUT2D eigenvalue weighted by Crippen LogP contribution is 2.25. The van der Waals surface area contributed by atoms with Crippen molar-refractivity contribution >= 4 is 29.3 Å². The molecule has 8 heteroatoms. The summed E-state index contributed by atoms with van der Waals surface area (Å²) in [6.07, 6.45) is 0.525. The van der Waals surface area contributed by atoms with E-state index in [9.17, 15) is 14.4 Å². The summed E-state index contributed by atoms with van der Waals surface area (Å²) >= 11 is 1.71. The molecule has 0 radical (unpaired) electrons. The van der Waals surface area contributed by atoms with Gasteiger partial charge in [-0.2, -0.15) is 0 Å². The molecule has 126 valence electrons. The van der Waals surface area contributed by atoms with E-state index in [0.29, 0.717) is 19.5 Å². The molecule has 7 nitrogen and oxygen atoms in total. The van der Waals surface area contributed by atoms with Crippen molar-refractivity contribution in [2.45, 2.75) is 33.2 Å². The fourth-order valence-electron chi connectivity index (χ4n) is 2.53. The molecule has 2 rings (SSSR count). The topological polar surface area (TPSA) is 90.5 Å². The summed E-state index contributed by atoms with van der Waals surface area (Å²) in [7, 11) is 0. The van der Waals surface area contributed by atoms with Crippen molar-refractivity contribution in [3.8, 4) is 0 Å². The summed E-state index contributed by atoms with van der Waals surface area (Å²) in [5, 5.41) is 8.10. The van der Waals surface area contributed by atoms with Crippen molar-refractivity contribution < 1.29 is 14.4 Å². The first kappa shape index (κ1) is 17.3. The molecular weight excluding hydrogens is 316 g/mol. The maximum absolute atomic E-state index is 11.9. The average Bonchev–Trinajstić information content (AvgIpc) is 2.98. The number of urea groups is 2. The molecule has 0 spiro atoms. The predicted octanol–water partition coefficient (Wildman–Crippen LogP) is 1.67. The Kier molecular flexibility index (Phi) is 5.59. The van der Waals surface area contributed by atoms with Crippen molar-refractivity contribution in [2.24, 2.45) is 0 Å². The fourth-order valence-corrected chi connectivity index (χ4v) is 3.55. The monoisotopic (exact) mass is 338 g/mol. The Labute approximate surface area is 139 Å². The molecule has 0 aliphatic carbocycles. The molecule has 0 unspecified atom stereocenters. The van der Waals surface area contributed by atoms with Crippen LogP contribution >= 0.6 is 11.3 Å². The molecule has 1 aromatic rings. The molecule has 1 atom stereocenters. The number of carbonyl (C=O) groups excluding carboxylic acids is 3. The first-order chi connectivity index (χ1) is 10.9. The summed E-state index contributed by atoms with van der Waals surface area (Å²) in [5.74, 6) is -0.226. The van der Waals surface area contributed by atoms with Crippen LogP contribution in [0, 0.1) is 13.8 Å². The fraction of sp³-hybridized carbons (Fsp3) is 0.533. The Morgan fingerprint density at radius 1 is 1.43 bits per heavy atom. The molecule has 1 aromatic heterocycles. The van der Waals surface area contributed by atoms with E-state index in [1.165, 1.54) is 14.7 Å². The zero-order chi connectivity index (χ0) is 17.0. The van der Waals surface area contributed by atoms with Crippen LogP contribution in [0.2, 0.25) is 0 Å². The lowest BCUT2D eigenvalue weighted by Gasteiger charge is -2.16. The van der Waals surface area contributed by atoms with Crippen LogP contribution in [0.25, 0.3) is 0 Å². The lowest BCUT2D eigenvalue weighted by Crippen LogP contribution is -2.39. The van der Waals surface area contributed by atoms with E-state index in [1.807, 2.05) is 20.8 Å². The summed E-state index contributed by atoms with van der Waals surface area (Å²) in [4.78, 5) is 38.2. The van der Waals surface area contributed by atoms with Crippen LogP contribution in [-0.2, 0) is 4.79 Å². The maximum atomic E-state index is 11.9. The SMILES string of the molecule is Cc1cc([C@@H](C)NC(=O)NCCCN2C(=O)CNC2=O)c(C)s1. The third kappa shape index (κ3) is 4.44. The molecule has 1 aliphatic rings. The van der Waals surface area contributed by atoms with Gasteiger partial charge in [0.25, 0.3) is 0 Å². The van der Waals surface area contributed by atoms with Crippen LogP contribution in [0.4, 0.5) is 9.59 Å². The van der Waals surface area contributed by atoms with E-state index in [2.05, 4.69) is 22.0 Å². The standard InChI is InChI=1S/C15H22N4O3S/c1-9-7-12(11(3)23-9)10(2)18-14(21)16-5-4-6-19-13(20)8-17-15(19)22/h7,10H,4-6,8H2,1-3H3,(H,17,22)(H2,16,18,21)/t10-/m1/s1. The molecule has 0 saturated carbocycles. The highest BCUT2D eigenvalue weighted by atomic mass is 32.1. The van der Waals surface area contributed by atoms with E-state index in [0.717, 1.165) is 5.56 Å². The maximum Gasteiger partial charge on any atom is 0.324 e. The molecule has 1 fully saturated rings. The van der Waals surface area contributed by atoms with Crippen molar-refractivity contribution in [1.29, 1.82) is 0 Å². The van der Waals surface area contributed by atoms with Gasteiger partial charge in [-0.3, -0.25) is 9.69 Å². The third-order valence-electron chi connectivity index (χ3n) is 3.67. The van der Waals surface area contributed by atoms with Crippen molar-refractivity contribution in [3.05, 3.63) is 21.4 Å². The minimum atomic E-state index is -0.364. The Morgan fingerprint density at radius 2 is 2.17 bits per heavy atom. The quantitative estimate of drug-likeness (QED) is 0.544. The van der Waals surface area contributed by atoms with E-state index in [4.69, 9.17) is 0 Å². The summed E-state index contributed by atoms with van der Waals surface area (Å²) < 4.78 is 0. The highest BCUT2D eigenvalue weighted by molar-refractivity contribution is 7.12. The van der Waals surface area contributed by atoms with Gasteiger partial charge in [-0.1, -0.05) is 0 Å². The average molecular weight is 338 g/mol. The molecule has 1 aliphatic heterocycles. The molecule has 0 aromatic carbocycles. The number of thiophene rings is 1. The first-order valence-electron chi connectivity index (χ1n) is 7.58. The molecule has 3 N–H and O–H groups in total. The Hall–Kier alpha value is -2.09. The van der Waals surface area contributed by atoms with Crippen molar-refractivity contribution in [3.63, 3.8) is 0 Å². The van der Waals surface area contributed by atoms with E-state index >= 15 is 0 Å². The number of aryl methyl sites for hydroxylation is 2. The largest absolute Gasteiger partial charge is 0.338 e. The Morgan fingerprint density at radius 3 is 2.74 bits per heavy atom. The van der Waals surface area contributed by atoms with Crippen LogP contribution in [0.5, 0.6) is 0 Å². The number of hydrogen-bond donors (Lipinski definition) is 3. The second-order valence-electron chi connectivity index (χ2n) is 5.55. The van der Waals surface area contributed by atoms with E-state index < -0.39 is 0 Å². The van der Waals surface area contributed by atoms with Gasteiger partial charge in [0, 0.05) is 22.8 Å². The van der Waals surface area contributed by atoms with Gasteiger partial charge in [0.2, 0.25) is 5.91 Å². The van der Waals surface area contributed by atoms with Gasteiger partial charge < -0.3 is 16.0 Å². The van der Waals surface area contributed by atoms with Gasteiger partial charge in [-0.15, -0.1) is 11.3 Å². The number of nitrogens with zero attached hydrogens (tertiary/aromatic N) is 1. The molecule has 1 saturated heterocycles. The van der Waals surface area contributed by atoms with Crippen LogP contribution in [0.15, 0.2) is 6.07 Å². The number of amides is 5. The van der Waals surface area contributed by atoms with Crippen LogP contribution in [-0.4, -0.2) is 42.5 Å². The van der Waals surface area contributed by atoms with Gasteiger partial charge in [0.05, 0.1) is 12.6 Å². The van der Waals surface area contributed by atoms with Gasteiger partial charge in [0.1, 0.15) is 0 Å². The van der Waals surface area contributed by atoms with Crippen LogP contribution in [0.3, 0.4) is 0 Å². The predicted molar refractivity (Wildman–Crippen MR) is 88.5 cm³/mol. The van der Waals surface area contributed by atoms with Gasteiger partial charge in [0.15, 0.2) is 0 Å². The summed E-state index contributed by atoms with van der Waals surface area (Å²) in [6, 6.07) is 1.41.